The Morgan fingerprint density at radius 3 is 2.57 bits per heavy atom. The molecule has 0 bridgehead atoms. The summed E-state index contributed by atoms with van der Waals surface area (Å²) in [6, 6.07) is 6.96. The molecular weight excluding hydrogens is 414 g/mol. The van der Waals surface area contributed by atoms with Gasteiger partial charge in [-0.2, -0.15) is 4.31 Å². The van der Waals surface area contributed by atoms with Crippen molar-refractivity contribution >= 4 is 15.7 Å². The Kier molecular flexibility index (Phi) is 6.22. The van der Waals surface area contributed by atoms with E-state index in [0.717, 1.165) is 6.07 Å². The van der Waals surface area contributed by atoms with Gasteiger partial charge in [0.15, 0.2) is 11.5 Å². The maximum absolute atomic E-state index is 12.7. The Bertz CT molecular complexity index is 1130. The number of aromatic nitrogens is 1. The number of ether oxygens (including phenoxy) is 1. The number of hydrogen-bond donors (Lipinski definition) is 0. The van der Waals surface area contributed by atoms with Gasteiger partial charge >= 0.3 is 5.69 Å². The molecule has 0 saturated carbocycles. The summed E-state index contributed by atoms with van der Waals surface area (Å²) in [6.07, 6.45) is 1.49. The van der Waals surface area contributed by atoms with Crippen LogP contribution in [0.1, 0.15) is 25.3 Å². The molecule has 160 valence electrons. The van der Waals surface area contributed by atoms with Crippen LogP contribution in [0, 0.1) is 17.0 Å². The number of rotatable bonds is 9. The van der Waals surface area contributed by atoms with Crippen molar-refractivity contribution in [3.63, 3.8) is 0 Å². The van der Waals surface area contributed by atoms with E-state index in [0.29, 0.717) is 17.2 Å². The first-order valence-electron chi connectivity index (χ1n) is 9.19. The second kappa shape index (κ2) is 8.67. The lowest BCUT2D eigenvalue weighted by Gasteiger charge is -2.18. The highest BCUT2D eigenvalue weighted by molar-refractivity contribution is 7.89. The fraction of sp³-hybridized carbons (Fsp3) is 0.316. The van der Waals surface area contributed by atoms with E-state index >= 15 is 0 Å². The van der Waals surface area contributed by atoms with Crippen molar-refractivity contribution in [1.29, 1.82) is 0 Å². The van der Waals surface area contributed by atoms with Crippen molar-refractivity contribution in [2.75, 3.05) is 13.1 Å². The number of sulfonamides is 1. The van der Waals surface area contributed by atoms with E-state index in [1.807, 2.05) is 0 Å². The quantitative estimate of drug-likeness (QED) is 0.367. The summed E-state index contributed by atoms with van der Waals surface area (Å²) >= 11 is 0. The van der Waals surface area contributed by atoms with Gasteiger partial charge in [0.25, 0.3) is 5.89 Å². The number of nitro benzene ring substituents is 1. The van der Waals surface area contributed by atoms with Gasteiger partial charge < -0.3 is 13.6 Å². The van der Waals surface area contributed by atoms with Crippen molar-refractivity contribution in [2.45, 2.75) is 32.3 Å². The maximum atomic E-state index is 12.7. The van der Waals surface area contributed by atoms with E-state index in [1.165, 1.54) is 22.7 Å². The minimum absolute atomic E-state index is 0.0690. The predicted molar refractivity (Wildman–Crippen MR) is 106 cm³/mol. The van der Waals surface area contributed by atoms with Gasteiger partial charge in [-0.1, -0.05) is 13.8 Å². The zero-order valence-electron chi connectivity index (χ0n) is 16.7. The molecule has 10 nitrogen and oxygen atoms in total. The number of benzene rings is 1. The van der Waals surface area contributed by atoms with Crippen LogP contribution in [-0.2, 0) is 16.6 Å². The summed E-state index contributed by atoms with van der Waals surface area (Å²) in [5.74, 6) is 1.12. The first-order chi connectivity index (χ1) is 14.3. The maximum Gasteiger partial charge on any atom is 0.312 e. The van der Waals surface area contributed by atoms with Gasteiger partial charge in [-0.05, 0) is 31.2 Å². The molecule has 2 aromatic heterocycles. The van der Waals surface area contributed by atoms with Crippen LogP contribution in [0.5, 0.6) is 5.75 Å². The normalized spacial score (nSPS) is 11.7. The smallest absolute Gasteiger partial charge is 0.312 e. The van der Waals surface area contributed by atoms with Gasteiger partial charge in [0.05, 0.1) is 16.1 Å². The Morgan fingerprint density at radius 2 is 1.97 bits per heavy atom. The molecule has 30 heavy (non-hydrogen) atoms. The molecule has 1 aromatic carbocycles. The Morgan fingerprint density at radius 1 is 1.23 bits per heavy atom. The third-order valence-electron chi connectivity index (χ3n) is 4.46. The van der Waals surface area contributed by atoms with Crippen molar-refractivity contribution in [2.24, 2.45) is 0 Å². The second-order valence-electron chi connectivity index (χ2n) is 6.26. The minimum atomic E-state index is -3.83. The van der Waals surface area contributed by atoms with Crippen LogP contribution in [0.15, 0.2) is 50.3 Å². The second-order valence-corrected chi connectivity index (χ2v) is 8.20. The van der Waals surface area contributed by atoms with Gasteiger partial charge in [0.1, 0.15) is 18.1 Å². The van der Waals surface area contributed by atoms with Crippen molar-refractivity contribution in [3.8, 4) is 17.4 Å². The topological polar surface area (TPSA) is 129 Å². The zero-order chi connectivity index (χ0) is 21.9. The molecule has 0 saturated heterocycles. The van der Waals surface area contributed by atoms with Gasteiger partial charge in [-0.3, -0.25) is 10.1 Å². The fourth-order valence-corrected chi connectivity index (χ4v) is 4.33. The number of furan rings is 1. The SMILES string of the molecule is CCN(CC)S(=O)(=O)c1ccc(OCc2nc(-c3ccco3)oc2C)c([N+](=O)[O-])c1. The van der Waals surface area contributed by atoms with Crippen LogP contribution in [0.25, 0.3) is 11.7 Å². The minimum Gasteiger partial charge on any atom is -0.480 e. The van der Waals surface area contributed by atoms with Gasteiger partial charge in [0, 0.05) is 19.2 Å². The lowest BCUT2D eigenvalue weighted by atomic mass is 10.3. The van der Waals surface area contributed by atoms with Crippen LogP contribution in [0.4, 0.5) is 5.69 Å². The highest BCUT2D eigenvalue weighted by Crippen LogP contribution is 2.32. The summed E-state index contributed by atoms with van der Waals surface area (Å²) in [5, 5.41) is 11.5. The first-order valence-corrected chi connectivity index (χ1v) is 10.6. The van der Waals surface area contributed by atoms with Crippen LogP contribution in [0.2, 0.25) is 0 Å². The summed E-state index contributed by atoms with van der Waals surface area (Å²) in [6.45, 7) is 5.50. The molecule has 3 aromatic rings. The lowest BCUT2D eigenvalue weighted by molar-refractivity contribution is -0.386. The molecule has 3 rings (SSSR count). The average Bonchev–Trinajstić information content (AvgIpc) is 3.36. The average molecular weight is 435 g/mol. The molecule has 0 aliphatic heterocycles. The molecule has 0 radical (unpaired) electrons. The number of oxazole rings is 1. The Hall–Kier alpha value is -3.18. The van der Waals surface area contributed by atoms with E-state index in [1.54, 1.807) is 32.9 Å². The van der Waals surface area contributed by atoms with E-state index in [4.69, 9.17) is 13.6 Å². The summed E-state index contributed by atoms with van der Waals surface area (Å²) in [7, 11) is -3.83. The van der Waals surface area contributed by atoms with Crippen molar-refractivity contribution < 1.29 is 26.9 Å². The monoisotopic (exact) mass is 435 g/mol. The van der Waals surface area contributed by atoms with Gasteiger partial charge in [-0.15, -0.1) is 0 Å². The van der Waals surface area contributed by atoms with Gasteiger partial charge in [0.2, 0.25) is 10.0 Å². The molecule has 2 heterocycles. The van der Waals surface area contributed by atoms with Crippen molar-refractivity contribution in [1.82, 2.24) is 9.29 Å². The number of nitro groups is 1. The summed E-state index contributed by atoms with van der Waals surface area (Å²) in [4.78, 5) is 15.0. The predicted octanol–water partition coefficient (Wildman–Crippen LogP) is 3.76. The summed E-state index contributed by atoms with van der Waals surface area (Å²) in [5.41, 5.74) is -0.00817. The third-order valence-corrected chi connectivity index (χ3v) is 6.51. The number of aryl methyl sites for hydroxylation is 1. The summed E-state index contributed by atoms with van der Waals surface area (Å²) < 4.78 is 42.9. The van der Waals surface area contributed by atoms with Crippen LogP contribution in [-0.4, -0.2) is 35.7 Å². The fourth-order valence-electron chi connectivity index (χ4n) is 2.85. The first kappa shape index (κ1) is 21.5. The van der Waals surface area contributed by atoms with E-state index in [9.17, 15) is 18.5 Å². The van der Waals surface area contributed by atoms with Crippen LogP contribution >= 0.6 is 0 Å². The molecule has 0 fully saturated rings. The number of nitrogens with zero attached hydrogens (tertiary/aromatic N) is 3. The molecule has 0 spiro atoms. The van der Waals surface area contributed by atoms with Crippen LogP contribution < -0.4 is 4.74 Å². The molecular formula is C19H21N3O7S. The van der Waals surface area contributed by atoms with Crippen LogP contribution in [0.3, 0.4) is 0 Å². The molecule has 0 unspecified atom stereocenters. The Balaban J connectivity index is 1.86. The highest BCUT2D eigenvalue weighted by atomic mass is 32.2. The van der Waals surface area contributed by atoms with E-state index in [-0.39, 0.29) is 36.2 Å². The molecule has 11 heteroatoms. The molecule has 0 aliphatic rings. The van der Waals surface area contributed by atoms with E-state index < -0.39 is 20.6 Å². The molecule has 0 aliphatic carbocycles. The zero-order valence-corrected chi connectivity index (χ0v) is 17.5. The number of hydrogen-bond acceptors (Lipinski definition) is 8. The van der Waals surface area contributed by atoms with E-state index in [2.05, 4.69) is 4.98 Å². The lowest BCUT2D eigenvalue weighted by Crippen LogP contribution is -2.30. The molecule has 0 N–H and O–H groups in total. The largest absolute Gasteiger partial charge is 0.480 e. The third kappa shape index (κ3) is 4.21. The van der Waals surface area contributed by atoms with Crippen molar-refractivity contribution in [3.05, 3.63) is 58.2 Å². The molecule has 0 atom stereocenters. The molecule has 0 amide bonds. The standard InChI is InChI=1S/C19H21N3O7S/c1-4-21(5-2)30(25,26)14-8-9-17(16(11-14)22(23)24)28-12-15-13(3)29-19(20-15)18-7-6-10-27-18/h6-11H,4-5,12H2,1-3H3. The Labute approximate surface area is 173 Å². The highest BCUT2D eigenvalue weighted by Gasteiger charge is 2.26. The van der Waals surface area contributed by atoms with Gasteiger partial charge in [-0.25, -0.2) is 13.4 Å².